The number of benzene rings is 2. The van der Waals surface area contributed by atoms with Crippen molar-refractivity contribution in [1.82, 2.24) is 14.9 Å². The van der Waals surface area contributed by atoms with Crippen molar-refractivity contribution in [2.24, 2.45) is 7.05 Å². The number of hydrogen-bond donors (Lipinski definition) is 1. The van der Waals surface area contributed by atoms with Gasteiger partial charge in [0.15, 0.2) is 5.16 Å². The predicted octanol–water partition coefficient (Wildman–Crippen LogP) is 2.31. The highest BCUT2D eigenvalue weighted by Crippen LogP contribution is 2.22. The molecule has 1 amide bonds. The van der Waals surface area contributed by atoms with Crippen molar-refractivity contribution in [3.05, 3.63) is 46.8 Å². The summed E-state index contributed by atoms with van der Waals surface area (Å²) in [5, 5.41) is 6.11. The summed E-state index contributed by atoms with van der Waals surface area (Å²) in [4.78, 5) is 28.1. The van der Waals surface area contributed by atoms with E-state index in [1.807, 2.05) is 36.4 Å². The van der Waals surface area contributed by atoms with Crippen LogP contribution in [0.2, 0.25) is 0 Å². The summed E-state index contributed by atoms with van der Waals surface area (Å²) in [7, 11) is 1.73. The van der Waals surface area contributed by atoms with Crippen LogP contribution in [0, 0.1) is 0 Å². The lowest BCUT2D eigenvalue weighted by Gasteiger charge is -2.09. The number of aromatic nitrogens is 2. The van der Waals surface area contributed by atoms with E-state index in [4.69, 9.17) is 0 Å². The van der Waals surface area contributed by atoms with Gasteiger partial charge in [-0.3, -0.25) is 14.2 Å². The summed E-state index contributed by atoms with van der Waals surface area (Å²) < 4.78 is 1.57. The summed E-state index contributed by atoms with van der Waals surface area (Å²) in [6.45, 7) is 2.03. The molecule has 0 fully saturated rings. The Morgan fingerprint density at radius 3 is 2.65 bits per heavy atom. The van der Waals surface area contributed by atoms with Crippen LogP contribution in [0.3, 0.4) is 0 Å². The maximum atomic E-state index is 12.6. The van der Waals surface area contributed by atoms with Crippen molar-refractivity contribution in [1.29, 1.82) is 0 Å². The van der Waals surface area contributed by atoms with Crippen LogP contribution in [0.15, 0.2) is 46.3 Å². The third kappa shape index (κ3) is 3.22. The Morgan fingerprint density at radius 1 is 1.26 bits per heavy atom. The zero-order valence-electron chi connectivity index (χ0n) is 13.0. The summed E-state index contributed by atoms with van der Waals surface area (Å²) in [5.74, 6) is 0.608. The Balaban J connectivity index is 1.99. The van der Waals surface area contributed by atoms with Gasteiger partial charge in [-0.2, -0.15) is 0 Å². The van der Waals surface area contributed by atoms with Gasteiger partial charge < -0.3 is 5.32 Å². The average molecular weight is 327 g/mol. The molecule has 0 radical (unpaired) electrons. The third-order valence-corrected chi connectivity index (χ3v) is 4.64. The fourth-order valence-electron chi connectivity index (χ4n) is 2.44. The fourth-order valence-corrected chi connectivity index (χ4v) is 3.26. The minimum absolute atomic E-state index is 0.0530. The molecular weight excluding hydrogens is 310 g/mol. The zero-order chi connectivity index (χ0) is 16.4. The number of carbonyl (C=O) groups is 1. The van der Waals surface area contributed by atoms with Gasteiger partial charge in [-0.05, 0) is 22.9 Å². The van der Waals surface area contributed by atoms with Crippen LogP contribution in [0.25, 0.3) is 21.7 Å². The van der Waals surface area contributed by atoms with Crippen LogP contribution in [0.5, 0.6) is 0 Å². The number of hydrogen-bond acceptors (Lipinski definition) is 4. The normalized spacial score (nSPS) is 11.0. The number of nitrogens with zero attached hydrogens (tertiary/aromatic N) is 2. The van der Waals surface area contributed by atoms with Crippen LogP contribution >= 0.6 is 11.8 Å². The molecule has 23 heavy (non-hydrogen) atoms. The van der Waals surface area contributed by atoms with E-state index < -0.39 is 0 Å². The van der Waals surface area contributed by atoms with Gasteiger partial charge in [-0.1, -0.05) is 36.0 Å². The van der Waals surface area contributed by atoms with Crippen molar-refractivity contribution in [3.8, 4) is 0 Å². The minimum atomic E-state index is -0.0579. The largest absolute Gasteiger partial charge is 0.356 e. The molecular formula is C17H17N3O2S. The summed E-state index contributed by atoms with van der Waals surface area (Å²) in [6, 6.07) is 11.8. The van der Waals surface area contributed by atoms with Gasteiger partial charge in [0.1, 0.15) is 0 Å². The third-order valence-electron chi connectivity index (χ3n) is 3.61. The molecule has 0 atom stereocenters. The monoisotopic (exact) mass is 327 g/mol. The number of fused-ring (bicyclic) bond motifs is 2. The first kappa shape index (κ1) is 15.6. The zero-order valence-corrected chi connectivity index (χ0v) is 13.8. The molecule has 1 aromatic heterocycles. The highest BCUT2D eigenvalue weighted by Gasteiger charge is 2.10. The number of nitrogens with one attached hydrogen (secondary N) is 1. The summed E-state index contributed by atoms with van der Waals surface area (Å²) in [5.41, 5.74) is 0.650. The molecule has 2 aromatic carbocycles. The second kappa shape index (κ2) is 6.42. The first-order valence-corrected chi connectivity index (χ1v) is 8.31. The maximum absolute atomic E-state index is 12.6. The molecule has 0 unspecified atom stereocenters. The number of thioether (sulfide) groups is 1. The van der Waals surface area contributed by atoms with Gasteiger partial charge in [-0.15, -0.1) is 0 Å². The summed E-state index contributed by atoms with van der Waals surface area (Å²) >= 11 is 1.46. The molecule has 0 saturated heterocycles. The van der Waals surface area contributed by atoms with Gasteiger partial charge in [-0.25, -0.2) is 4.98 Å². The lowest BCUT2D eigenvalue weighted by atomic mass is 10.1. The molecule has 5 nitrogen and oxygen atoms in total. The molecule has 6 heteroatoms. The van der Waals surface area contributed by atoms with Gasteiger partial charge in [0.05, 0.1) is 10.9 Å². The van der Waals surface area contributed by atoms with Crippen LogP contribution in [-0.2, 0) is 11.8 Å². The van der Waals surface area contributed by atoms with E-state index in [-0.39, 0.29) is 11.5 Å². The second-order valence-corrected chi connectivity index (χ2v) is 6.37. The van der Waals surface area contributed by atoms with Gasteiger partial charge in [0.25, 0.3) is 5.56 Å². The van der Waals surface area contributed by atoms with Crippen molar-refractivity contribution in [3.63, 3.8) is 0 Å². The van der Waals surface area contributed by atoms with E-state index in [0.717, 1.165) is 10.8 Å². The Morgan fingerprint density at radius 2 is 1.96 bits per heavy atom. The highest BCUT2D eigenvalue weighted by molar-refractivity contribution is 7.99. The van der Waals surface area contributed by atoms with Crippen molar-refractivity contribution in [2.75, 3.05) is 12.3 Å². The molecule has 0 aliphatic carbocycles. The maximum Gasteiger partial charge on any atom is 0.261 e. The molecule has 1 N–H and O–H groups in total. The average Bonchev–Trinajstić information content (AvgIpc) is 2.54. The molecule has 0 saturated carbocycles. The van der Waals surface area contributed by atoms with E-state index >= 15 is 0 Å². The standard InChI is InChI=1S/C17H17N3O2S/c1-11(21)18-7-8-23-17-19-15-10-13-6-4-3-5-12(13)9-14(15)16(22)20(17)2/h3-6,9-10H,7-8H2,1-2H3,(H,18,21). The van der Waals surface area contributed by atoms with Gasteiger partial charge in [0.2, 0.25) is 5.91 Å². The van der Waals surface area contributed by atoms with Crippen LogP contribution < -0.4 is 10.9 Å². The smallest absolute Gasteiger partial charge is 0.261 e. The number of rotatable bonds is 4. The molecule has 0 spiro atoms. The number of amides is 1. The Labute approximate surface area is 137 Å². The van der Waals surface area contributed by atoms with Crippen molar-refractivity contribution in [2.45, 2.75) is 12.1 Å². The van der Waals surface area contributed by atoms with Crippen LogP contribution in [0.4, 0.5) is 0 Å². The Bertz CT molecular complexity index is 950. The van der Waals surface area contributed by atoms with E-state index in [1.165, 1.54) is 18.7 Å². The highest BCUT2D eigenvalue weighted by atomic mass is 32.2. The topological polar surface area (TPSA) is 64.0 Å². The number of carbonyl (C=O) groups excluding carboxylic acids is 1. The van der Waals surface area contributed by atoms with Crippen LogP contribution in [0.1, 0.15) is 6.92 Å². The first-order valence-electron chi connectivity index (χ1n) is 7.33. The van der Waals surface area contributed by atoms with E-state index in [0.29, 0.717) is 28.4 Å². The Hall–Kier alpha value is -2.34. The fraction of sp³-hybridized carbons (Fsp3) is 0.235. The SMILES string of the molecule is CC(=O)NCCSc1nc2cc3ccccc3cc2c(=O)n1C. The van der Waals surface area contributed by atoms with Gasteiger partial charge in [0, 0.05) is 26.3 Å². The Kier molecular flexibility index (Phi) is 4.34. The minimum Gasteiger partial charge on any atom is -0.356 e. The quantitative estimate of drug-likeness (QED) is 0.346. The predicted molar refractivity (Wildman–Crippen MR) is 93.9 cm³/mol. The second-order valence-electron chi connectivity index (χ2n) is 5.31. The van der Waals surface area contributed by atoms with Crippen LogP contribution in [-0.4, -0.2) is 27.8 Å². The van der Waals surface area contributed by atoms with E-state index in [2.05, 4.69) is 10.3 Å². The van der Waals surface area contributed by atoms with Crippen molar-refractivity contribution < 1.29 is 4.79 Å². The van der Waals surface area contributed by atoms with Crippen molar-refractivity contribution >= 4 is 39.3 Å². The molecule has 3 rings (SSSR count). The lowest BCUT2D eigenvalue weighted by Crippen LogP contribution is -2.24. The molecule has 0 aliphatic heterocycles. The molecule has 0 aliphatic rings. The molecule has 118 valence electrons. The molecule has 3 aromatic rings. The molecule has 0 bridgehead atoms. The van der Waals surface area contributed by atoms with E-state index in [1.54, 1.807) is 11.6 Å². The first-order chi connectivity index (χ1) is 11.1. The van der Waals surface area contributed by atoms with E-state index in [9.17, 15) is 9.59 Å². The van der Waals surface area contributed by atoms with Gasteiger partial charge >= 0.3 is 0 Å². The summed E-state index contributed by atoms with van der Waals surface area (Å²) in [6.07, 6.45) is 0. The molecule has 1 heterocycles. The lowest BCUT2D eigenvalue weighted by molar-refractivity contribution is -0.118.